The monoisotopic (exact) mass is 448 g/mol. The topological polar surface area (TPSA) is 60.7 Å². The summed E-state index contributed by atoms with van der Waals surface area (Å²) in [6, 6.07) is 43.4. The fraction of sp³-hybridized carbons (Fsp3) is 0.0323. The van der Waals surface area contributed by atoms with Crippen LogP contribution in [0.25, 0.3) is 11.1 Å². The van der Waals surface area contributed by atoms with Crippen molar-refractivity contribution in [3.63, 3.8) is 0 Å². The van der Waals surface area contributed by atoms with Gasteiger partial charge in [0.1, 0.15) is 17.2 Å². The average Bonchev–Trinajstić information content (AvgIpc) is 3.26. The van der Waals surface area contributed by atoms with E-state index < -0.39 is 0 Å². The summed E-state index contributed by atoms with van der Waals surface area (Å²) in [5.41, 5.74) is 5.75. The predicted octanol–water partition coefficient (Wildman–Crippen LogP) is 7.43. The fourth-order valence-electron chi connectivity index (χ4n) is 3.36. The molecule has 0 fully saturated rings. The Bertz CT molecular complexity index is 1100. The van der Waals surface area contributed by atoms with Crippen molar-refractivity contribution < 1.29 is 15.3 Å². The molecule has 3 N–H and O–H groups in total. The fourth-order valence-corrected chi connectivity index (χ4v) is 3.36. The van der Waals surface area contributed by atoms with Gasteiger partial charge in [-0.05, 0) is 65.1 Å². The van der Waals surface area contributed by atoms with Crippen molar-refractivity contribution in [3.8, 4) is 28.4 Å². The van der Waals surface area contributed by atoms with Crippen molar-refractivity contribution in [1.29, 1.82) is 0 Å². The highest BCUT2D eigenvalue weighted by Crippen LogP contribution is 2.35. The molecule has 0 amide bonds. The highest BCUT2D eigenvalue weighted by atomic mass is 16.3. The van der Waals surface area contributed by atoms with Gasteiger partial charge in [0.2, 0.25) is 0 Å². The van der Waals surface area contributed by atoms with Gasteiger partial charge in [-0.15, -0.1) is 0 Å². The lowest BCUT2D eigenvalue weighted by atomic mass is 10.1. The zero-order chi connectivity index (χ0) is 24.0. The smallest absolute Gasteiger partial charge is 0.115 e. The van der Waals surface area contributed by atoms with Crippen LogP contribution in [0.4, 0.5) is 0 Å². The van der Waals surface area contributed by atoms with Crippen LogP contribution >= 0.6 is 0 Å². The molecule has 1 aliphatic rings. The first kappa shape index (κ1) is 24.1. The first-order valence-electron chi connectivity index (χ1n) is 11.0. The van der Waals surface area contributed by atoms with Gasteiger partial charge < -0.3 is 15.3 Å². The van der Waals surface area contributed by atoms with E-state index in [1.807, 2.05) is 18.2 Å². The molecule has 0 heterocycles. The summed E-state index contributed by atoms with van der Waals surface area (Å²) in [5.74, 6) is 0.965. The van der Waals surface area contributed by atoms with E-state index in [1.165, 1.54) is 22.3 Å². The summed E-state index contributed by atoms with van der Waals surface area (Å²) < 4.78 is 0. The van der Waals surface area contributed by atoms with Gasteiger partial charge in [0.25, 0.3) is 0 Å². The van der Waals surface area contributed by atoms with Gasteiger partial charge in [-0.25, -0.2) is 0 Å². The lowest BCUT2D eigenvalue weighted by Crippen LogP contribution is -1.77. The maximum Gasteiger partial charge on any atom is 0.115 e. The number of rotatable bonds is 0. The minimum Gasteiger partial charge on any atom is -0.508 e. The van der Waals surface area contributed by atoms with Crippen LogP contribution in [0.1, 0.15) is 11.1 Å². The molecular formula is C31H28O3. The second-order valence-electron chi connectivity index (χ2n) is 7.50. The van der Waals surface area contributed by atoms with Gasteiger partial charge in [-0.2, -0.15) is 0 Å². The molecule has 0 saturated heterocycles. The molecule has 34 heavy (non-hydrogen) atoms. The van der Waals surface area contributed by atoms with Crippen LogP contribution in [0, 0.1) is 0 Å². The molecule has 1 aliphatic carbocycles. The van der Waals surface area contributed by atoms with Crippen molar-refractivity contribution in [3.05, 3.63) is 151 Å². The first-order valence-corrected chi connectivity index (χ1v) is 11.0. The van der Waals surface area contributed by atoms with Gasteiger partial charge >= 0.3 is 0 Å². The molecule has 0 bridgehead atoms. The largest absolute Gasteiger partial charge is 0.508 e. The number of phenols is 3. The van der Waals surface area contributed by atoms with E-state index >= 15 is 0 Å². The lowest BCUT2D eigenvalue weighted by Gasteiger charge is -1.98. The molecule has 170 valence electrons. The van der Waals surface area contributed by atoms with Crippen LogP contribution in [-0.4, -0.2) is 15.3 Å². The Morgan fingerprint density at radius 1 is 0.324 bits per heavy atom. The van der Waals surface area contributed by atoms with E-state index in [9.17, 15) is 0 Å². The third-order valence-electron chi connectivity index (χ3n) is 4.97. The quantitative estimate of drug-likeness (QED) is 0.226. The number of para-hydroxylation sites is 3. The summed E-state index contributed by atoms with van der Waals surface area (Å²) in [7, 11) is 0. The van der Waals surface area contributed by atoms with Crippen LogP contribution in [0.2, 0.25) is 0 Å². The highest BCUT2D eigenvalue weighted by Gasteiger charge is 2.15. The summed E-state index contributed by atoms with van der Waals surface area (Å²) in [5, 5.41) is 25.9. The molecular weight excluding hydrogens is 420 g/mol. The summed E-state index contributed by atoms with van der Waals surface area (Å²) in [4.78, 5) is 0. The Morgan fingerprint density at radius 3 is 0.853 bits per heavy atom. The third kappa shape index (κ3) is 7.88. The molecule has 6 rings (SSSR count). The zero-order valence-corrected chi connectivity index (χ0v) is 18.8. The molecule has 3 nitrogen and oxygen atoms in total. The number of aromatic hydroxyl groups is 3. The number of phenolic OH excluding ortho intramolecular Hbond substituents is 3. The number of hydrogen-bond donors (Lipinski definition) is 3. The maximum atomic E-state index is 8.63. The Labute approximate surface area is 200 Å². The Kier molecular flexibility index (Phi) is 9.33. The minimum atomic E-state index is 0.322. The van der Waals surface area contributed by atoms with Gasteiger partial charge in [0.05, 0.1) is 0 Å². The average molecular weight is 449 g/mol. The standard InChI is InChI=1S/C13H10.3C6H6O/c1-3-7-12-10(5-1)9-11-6-2-4-8-13(11)12;3*7-6-4-2-1-3-5-6/h1-8H,9H2;3*1-5,7H. The molecule has 3 heteroatoms. The molecule has 5 aromatic carbocycles. The van der Waals surface area contributed by atoms with Crippen LogP contribution in [0.15, 0.2) is 140 Å². The first-order chi connectivity index (χ1) is 16.6. The molecule has 0 aromatic heterocycles. The van der Waals surface area contributed by atoms with E-state index in [1.54, 1.807) is 72.8 Å². The van der Waals surface area contributed by atoms with E-state index in [0.717, 1.165) is 6.42 Å². The third-order valence-corrected chi connectivity index (χ3v) is 4.97. The Morgan fingerprint density at radius 2 is 0.588 bits per heavy atom. The van der Waals surface area contributed by atoms with Crippen molar-refractivity contribution >= 4 is 0 Å². The van der Waals surface area contributed by atoms with Crippen LogP contribution < -0.4 is 0 Å². The highest BCUT2D eigenvalue weighted by molar-refractivity contribution is 5.76. The van der Waals surface area contributed by atoms with Gasteiger partial charge in [0.15, 0.2) is 0 Å². The van der Waals surface area contributed by atoms with Crippen molar-refractivity contribution in [1.82, 2.24) is 0 Å². The molecule has 0 atom stereocenters. The molecule has 0 unspecified atom stereocenters. The van der Waals surface area contributed by atoms with Gasteiger partial charge in [-0.1, -0.05) is 103 Å². The Hall–Kier alpha value is -4.50. The molecule has 0 aliphatic heterocycles. The van der Waals surface area contributed by atoms with E-state index in [0.29, 0.717) is 17.2 Å². The van der Waals surface area contributed by atoms with E-state index in [-0.39, 0.29) is 0 Å². The summed E-state index contributed by atoms with van der Waals surface area (Å²) >= 11 is 0. The minimum absolute atomic E-state index is 0.322. The SMILES string of the molecule is Oc1ccccc1.Oc1ccccc1.Oc1ccccc1.c1ccc2c(c1)Cc1ccccc1-2. The normalized spacial score (nSPS) is 10.0. The van der Waals surface area contributed by atoms with E-state index in [4.69, 9.17) is 15.3 Å². The number of fused-ring (bicyclic) bond motifs is 3. The second kappa shape index (κ2) is 13.1. The maximum absolute atomic E-state index is 8.63. The van der Waals surface area contributed by atoms with Gasteiger partial charge in [-0.3, -0.25) is 0 Å². The predicted molar refractivity (Wildman–Crippen MR) is 139 cm³/mol. The summed E-state index contributed by atoms with van der Waals surface area (Å²) in [6.07, 6.45) is 1.10. The van der Waals surface area contributed by atoms with Crippen molar-refractivity contribution in [2.45, 2.75) is 6.42 Å². The van der Waals surface area contributed by atoms with Crippen LogP contribution in [0.5, 0.6) is 17.2 Å². The van der Waals surface area contributed by atoms with Gasteiger partial charge in [0, 0.05) is 0 Å². The van der Waals surface area contributed by atoms with E-state index in [2.05, 4.69) is 48.5 Å². The molecule has 0 saturated carbocycles. The van der Waals surface area contributed by atoms with Crippen molar-refractivity contribution in [2.75, 3.05) is 0 Å². The van der Waals surface area contributed by atoms with Crippen LogP contribution in [-0.2, 0) is 6.42 Å². The summed E-state index contributed by atoms with van der Waals surface area (Å²) in [6.45, 7) is 0. The lowest BCUT2D eigenvalue weighted by molar-refractivity contribution is 0.475. The number of hydrogen-bond acceptors (Lipinski definition) is 3. The molecule has 0 spiro atoms. The van der Waals surface area contributed by atoms with Crippen molar-refractivity contribution in [2.24, 2.45) is 0 Å². The zero-order valence-electron chi connectivity index (χ0n) is 18.8. The number of benzene rings is 5. The molecule has 0 radical (unpaired) electrons. The van der Waals surface area contributed by atoms with Crippen LogP contribution in [0.3, 0.4) is 0 Å². The Balaban J connectivity index is 0.000000134. The second-order valence-corrected chi connectivity index (χ2v) is 7.50. The molecule has 5 aromatic rings.